The summed E-state index contributed by atoms with van der Waals surface area (Å²) in [5, 5.41) is 10.2. The summed E-state index contributed by atoms with van der Waals surface area (Å²) in [5.74, 6) is -1.25. The van der Waals surface area contributed by atoms with Gasteiger partial charge in [0, 0.05) is 11.1 Å². The van der Waals surface area contributed by atoms with Crippen molar-refractivity contribution in [2.75, 3.05) is 7.18 Å². The molecule has 136 valence electrons. The van der Waals surface area contributed by atoms with E-state index in [1.165, 1.54) is 6.07 Å². The van der Waals surface area contributed by atoms with Crippen LogP contribution in [0, 0.1) is 0 Å². The van der Waals surface area contributed by atoms with Crippen molar-refractivity contribution in [3.63, 3.8) is 0 Å². The molecule has 0 aliphatic carbocycles. The molecule has 2 rings (SSSR count). The molecule has 0 radical (unpaired) electrons. The summed E-state index contributed by atoms with van der Waals surface area (Å²) in [6.07, 6.45) is -3.25. The van der Waals surface area contributed by atoms with Gasteiger partial charge in [-0.2, -0.15) is 0 Å². The fraction of sp³-hybridized carbons (Fsp3) is 0.611. The first-order chi connectivity index (χ1) is 10.8. The summed E-state index contributed by atoms with van der Waals surface area (Å²) in [7, 11) is 0.500. The van der Waals surface area contributed by atoms with Gasteiger partial charge in [0.05, 0.1) is 7.18 Å². The minimum atomic E-state index is -3.25. The minimum absolute atomic E-state index is 0.0632. The van der Waals surface area contributed by atoms with E-state index in [0.29, 0.717) is 12.7 Å². The van der Waals surface area contributed by atoms with Crippen LogP contribution in [-0.2, 0) is 21.2 Å². The van der Waals surface area contributed by atoms with Crippen LogP contribution in [0.3, 0.4) is 0 Å². The van der Waals surface area contributed by atoms with Crippen molar-refractivity contribution < 1.29 is 27.8 Å². The Bertz CT molecular complexity index is 628. The Morgan fingerprint density at radius 1 is 1.04 bits per heavy atom. The van der Waals surface area contributed by atoms with Gasteiger partial charge in [0.15, 0.2) is 0 Å². The Morgan fingerprint density at radius 3 is 1.92 bits per heavy atom. The van der Waals surface area contributed by atoms with Gasteiger partial charge >= 0.3 is 5.97 Å². The minimum Gasteiger partial charge on any atom is -0.423 e. The number of hydrogen-bond acceptors (Lipinski definition) is 3. The lowest BCUT2D eigenvalue weighted by Gasteiger charge is -2.27. The van der Waals surface area contributed by atoms with E-state index in [9.17, 15) is 23.1 Å². The summed E-state index contributed by atoms with van der Waals surface area (Å²) in [5.41, 5.74) is -2.35. The van der Waals surface area contributed by atoms with Crippen LogP contribution in [0.15, 0.2) is 12.1 Å². The van der Waals surface area contributed by atoms with Gasteiger partial charge < -0.3 is 9.84 Å². The molecule has 3 nitrogen and oxygen atoms in total. The molecule has 1 aliphatic rings. The fourth-order valence-electron chi connectivity index (χ4n) is 2.50. The zero-order valence-electron chi connectivity index (χ0n) is 15.1. The highest BCUT2D eigenvalue weighted by Crippen LogP contribution is 2.48. The summed E-state index contributed by atoms with van der Waals surface area (Å²) in [6, 6.07) is 3.32. The molecule has 1 N–H and O–H groups in total. The van der Waals surface area contributed by atoms with Crippen LogP contribution in [0.4, 0.5) is 13.2 Å². The van der Waals surface area contributed by atoms with Crippen LogP contribution >= 0.6 is 0 Å². The molecule has 0 spiro atoms. The lowest BCUT2D eigenvalue weighted by atomic mass is 9.77. The second kappa shape index (κ2) is 6.39. The number of carbonyl (C=O) groups is 1. The van der Waals surface area contributed by atoms with Crippen LogP contribution in [0.2, 0.25) is 0 Å². The maximum Gasteiger partial charge on any atom is 0.354 e. The molecule has 1 aromatic carbocycles. The van der Waals surface area contributed by atoms with E-state index in [1.54, 1.807) is 0 Å². The highest BCUT2D eigenvalue weighted by Gasteiger charge is 2.56. The molecule has 0 aromatic heterocycles. The topological polar surface area (TPSA) is 46.5 Å². The number of fused-ring (bicyclic) bond motifs is 1. The van der Waals surface area contributed by atoms with Crippen molar-refractivity contribution in [2.45, 2.75) is 64.4 Å². The summed E-state index contributed by atoms with van der Waals surface area (Å²) in [6.45, 7) is 11.6. The standard InChI is InChI=1S/C17H22F2O3.CH3F/c1-15(2,3)9-7-10(16(4,5)6)12-11(8-9)17(21,13(18)19)14(20)22-12;1-2/h7-8,13,21H,1-6H3;1H3. The Kier molecular flexibility index (Phi) is 5.45. The van der Waals surface area contributed by atoms with Gasteiger partial charge in [-0.1, -0.05) is 47.6 Å². The smallest absolute Gasteiger partial charge is 0.354 e. The Hall–Kier alpha value is -1.56. The first kappa shape index (κ1) is 20.5. The molecule has 0 bridgehead atoms. The van der Waals surface area contributed by atoms with Gasteiger partial charge in [-0.3, -0.25) is 4.39 Å². The van der Waals surface area contributed by atoms with Crippen LogP contribution in [0.25, 0.3) is 0 Å². The normalized spacial score (nSPS) is 20.4. The van der Waals surface area contributed by atoms with Crippen molar-refractivity contribution in [2.24, 2.45) is 0 Å². The van der Waals surface area contributed by atoms with Gasteiger partial charge in [0.2, 0.25) is 0 Å². The summed E-state index contributed by atoms with van der Waals surface area (Å²) < 4.78 is 41.3. The van der Waals surface area contributed by atoms with Gasteiger partial charge in [-0.05, 0) is 22.5 Å². The molecule has 0 saturated carbocycles. The number of esters is 1. The van der Waals surface area contributed by atoms with Crippen LogP contribution in [-0.4, -0.2) is 24.7 Å². The zero-order valence-corrected chi connectivity index (χ0v) is 15.1. The maximum absolute atomic E-state index is 13.4. The number of halogens is 3. The van der Waals surface area contributed by atoms with Crippen molar-refractivity contribution in [1.29, 1.82) is 0 Å². The van der Waals surface area contributed by atoms with Gasteiger partial charge in [0.1, 0.15) is 5.75 Å². The second-order valence-corrected chi connectivity index (χ2v) is 7.86. The SMILES string of the molecule is CC(C)(C)c1cc(C(C)(C)C)c2c(c1)C(O)(C(F)F)C(=O)O2.CF. The maximum atomic E-state index is 13.4. The third-order valence-corrected chi connectivity index (χ3v) is 4.00. The van der Waals surface area contributed by atoms with E-state index < -0.39 is 23.4 Å². The average molecular weight is 346 g/mol. The number of aliphatic hydroxyl groups is 1. The number of ether oxygens (including phenoxy) is 1. The molecule has 1 aromatic rings. The van der Waals surface area contributed by atoms with Gasteiger partial charge in [0.25, 0.3) is 12.0 Å². The molecule has 0 fully saturated rings. The second-order valence-electron chi connectivity index (χ2n) is 7.86. The third kappa shape index (κ3) is 3.29. The van der Waals surface area contributed by atoms with E-state index in [1.807, 2.05) is 47.6 Å². The summed E-state index contributed by atoms with van der Waals surface area (Å²) in [4.78, 5) is 11.9. The largest absolute Gasteiger partial charge is 0.423 e. The van der Waals surface area contributed by atoms with Gasteiger partial charge in [-0.25, -0.2) is 13.6 Å². The molecular formula is C18H25F3O3. The molecule has 1 aliphatic heterocycles. The van der Waals surface area contributed by atoms with Crippen LogP contribution < -0.4 is 4.74 Å². The molecule has 0 saturated heterocycles. The molecular weight excluding hydrogens is 321 g/mol. The Labute approximate surface area is 140 Å². The van der Waals surface area contributed by atoms with Crippen LogP contribution in [0.5, 0.6) is 5.75 Å². The molecule has 24 heavy (non-hydrogen) atoms. The van der Waals surface area contributed by atoms with E-state index in [-0.39, 0.29) is 16.7 Å². The Morgan fingerprint density at radius 2 is 1.54 bits per heavy atom. The highest BCUT2D eigenvalue weighted by molar-refractivity contribution is 5.90. The average Bonchev–Trinajstić information content (AvgIpc) is 2.71. The zero-order chi connectivity index (χ0) is 19.1. The number of alkyl halides is 3. The fourth-order valence-corrected chi connectivity index (χ4v) is 2.50. The molecule has 0 amide bonds. The lowest BCUT2D eigenvalue weighted by Crippen LogP contribution is -2.40. The van der Waals surface area contributed by atoms with Gasteiger partial charge in [-0.15, -0.1) is 0 Å². The van der Waals surface area contributed by atoms with E-state index >= 15 is 0 Å². The quantitative estimate of drug-likeness (QED) is 0.611. The number of hydrogen-bond donors (Lipinski definition) is 1. The highest BCUT2D eigenvalue weighted by atomic mass is 19.3. The monoisotopic (exact) mass is 346 g/mol. The van der Waals surface area contributed by atoms with Crippen molar-refractivity contribution in [3.05, 3.63) is 28.8 Å². The van der Waals surface area contributed by atoms with E-state index in [0.717, 1.165) is 5.56 Å². The van der Waals surface area contributed by atoms with E-state index in [4.69, 9.17) is 4.74 Å². The third-order valence-electron chi connectivity index (χ3n) is 4.00. The molecule has 1 heterocycles. The van der Waals surface area contributed by atoms with Crippen molar-refractivity contribution in [3.8, 4) is 5.75 Å². The Balaban J connectivity index is 0.00000139. The molecule has 6 heteroatoms. The van der Waals surface area contributed by atoms with Crippen molar-refractivity contribution in [1.82, 2.24) is 0 Å². The number of benzene rings is 1. The van der Waals surface area contributed by atoms with Crippen molar-refractivity contribution >= 4 is 5.97 Å². The molecule has 1 atom stereocenters. The predicted octanol–water partition coefficient (Wildman–Crippen LogP) is 4.24. The predicted molar refractivity (Wildman–Crippen MR) is 86.4 cm³/mol. The first-order valence-corrected chi connectivity index (χ1v) is 7.59. The van der Waals surface area contributed by atoms with E-state index in [2.05, 4.69) is 0 Å². The lowest BCUT2D eigenvalue weighted by molar-refractivity contribution is -0.169. The number of rotatable bonds is 1. The molecule has 1 unspecified atom stereocenters. The number of carbonyl (C=O) groups excluding carboxylic acids is 1. The van der Waals surface area contributed by atoms with Crippen LogP contribution in [0.1, 0.15) is 58.2 Å². The summed E-state index contributed by atoms with van der Waals surface area (Å²) >= 11 is 0. The first-order valence-electron chi connectivity index (χ1n) is 7.59.